The first-order valence-corrected chi connectivity index (χ1v) is 6.67. The zero-order valence-corrected chi connectivity index (χ0v) is 11.2. The number of nitrogens with one attached hydrogen (secondary N) is 1. The van der Waals surface area contributed by atoms with Crippen molar-refractivity contribution in [1.29, 1.82) is 0 Å². The zero-order chi connectivity index (χ0) is 12.5. The highest BCUT2D eigenvalue weighted by molar-refractivity contribution is 5.68. The van der Waals surface area contributed by atoms with Crippen molar-refractivity contribution >= 4 is 6.09 Å². The quantitative estimate of drug-likeness (QED) is 0.704. The van der Waals surface area contributed by atoms with Gasteiger partial charge in [0, 0.05) is 19.1 Å². The van der Waals surface area contributed by atoms with Crippen LogP contribution in [0.2, 0.25) is 0 Å². The predicted octanol–water partition coefficient (Wildman–Crippen LogP) is 2.00. The van der Waals surface area contributed by atoms with Gasteiger partial charge >= 0.3 is 6.09 Å². The largest absolute Gasteiger partial charge is 0.444 e. The van der Waals surface area contributed by atoms with Gasteiger partial charge in [0.2, 0.25) is 0 Å². The summed E-state index contributed by atoms with van der Waals surface area (Å²) in [5, 5.41) is 3.54. The molecule has 0 radical (unpaired) electrons. The third-order valence-corrected chi connectivity index (χ3v) is 3.50. The molecule has 17 heavy (non-hydrogen) atoms. The molecule has 0 aromatic heterocycles. The van der Waals surface area contributed by atoms with Gasteiger partial charge in [-0.3, -0.25) is 0 Å². The number of hydrogen-bond donors (Lipinski definition) is 1. The van der Waals surface area contributed by atoms with Crippen molar-refractivity contribution in [3.8, 4) is 0 Å². The number of likely N-dealkylation sites (tertiary alicyclic amines) is 1. The van der Waals surface area contributed by atoms with E-state index < -0.39 is 5.60 Å². The summed E-state index contributed by atoms with van der Waals surface area (Å²) in [5.41, 5.74) is -0.394. The third kappa shape index (κ3) is 3.35. The molecule has 2 aliphatic rings. The van der Waals surface area contributed by atoms with Crippen LogP contribution in [0.4, 0.5) is 4.79 Å². The summed E-state index contributed by atoms with van der Waals surface area (Å²) >= 11 is 0. The third-order valence-electron chi connectivity index (χ3n) is 3.50. The van der Waals surface area contributed by atoms with Crippen LogP contribution < -0.4 is 5.32 Å². The van der Waals surface area contributed by atoms with E-state index >= 15 is 0 Å². The summed E-state index contributed by atoms with van der Waals surface area (Å²) in [5.74, 6) is 0.616. The maximum absolute atomic E-state index is 12.0. The van der Waals surface area contributed by atoms with Crippen LogP contribution in [0.3, 0.4) is 0 Å². The van der Waals surface area contributed by atoms with Crippen LogP contribution >= 0.6 is 0 Å². The molecule has 2 heterocycles. The number of fused-ring (bicyclic) bond motifs is 1. The molecule has 0 saturated carbocycles. The Balaban J connectivity index is 1.90. The van der Waals surface area contributed by atoms with Crippen LogP contribution in [0.15, 0.2) is 0 Å². The molecule has 2 fully saturated rings. The molecular formula is C13H24N2O2. The molecular weight excluding hydrogens is 216 g/mol. The number of hydrogen-bond acceptors (Lipinski definition) is 3. The number of amides is 1. The molecule has 0 aromatic carbocycles. The molecule has 0 bridgehead atoms. The molecule has 2 rings (SSSR count). The van der Waals surface area contributed by atoms with Crippen LogP contribution in [0.1, 0.15) is 40.0 Å². The van der Waals surface area contributed by atoms with E-state index in [1.807, 2.05) is 25.7 Å². The maximum Gasteiger partial charge on any atom is 0.410 e. The van der Waals surface area contributed by atoms with E-state index in [1.54, 1.807) is 0 Å². The Morgan fingerprint density at radius 1 is 1.29 bits per heavy atom. The Morgan fingerprint density at radius 3 is 2.76 bits per heavy atom. The first-order valence-electron chi connectivity index (χ1n) is 6.67. The molecule has 0 spiro atoms. The molecule has 2 saturated heterocycles. The first-order chi connectivity index (χ1) is 7.96. The van der Waals surface area contributed by atoms with Gasteiger partial charge in [-0.2, -0.15) is 0 Å². The molecule has 98 valence electrons. The van der Waals surface area contributed by atoms with Crippen molar-refractivity contribution in [3.63, 3.8) is 0 Å². The van der Waals surface area contributed by atoms with Crippen LogP contribution in [-0.4, -0.2) is 42.3 Å². The summed E-state index contributed by atoms with van der Waals surface area (Å²) < 4.78 is 5.42. The van der Waals surface area contributed by atoms with Gasteiger partial charge in [-0.1, -0.05) is 6.42 Å². The van der Waals surface area contributed by atoms with E-state index in [2.05, 4.69) is 5.32 Å². The Labute approximate surface area is 104 Å². The van der Waals surface area contributed by atoms with Gasteiger partial charge < -0.3 is 15.0 Å². The van der Waals surface area contributed by atoms with E-state index in [9.17, 15) is 4.79 Å². The lowest BCUT2D eigenvalue weighted by molar-refractivity contribution is 0.0284. The summed E-state index contributed by atoms with van der Waals surface area (Å²) in [6, 6.07) is 0.477. The maximum atomic E-state index is 12.0. The van der Waals surface area contributed by atoms with Gasteiger partial charge in [-0.15, -0.1) is 0 Å². The van der Waals surface area contributed by atoms with E-state index in [-0.39, 0.29) is 6.09 Å². The minimum atomic E-state index is -0.394. The van der Waals surface area contributed by atoms with Gasteiger partial charge in [0.1, 0.15) is 5.60 Å². The highest BCUT2D eigenvalue weighted by Gasteiger charge is 2.37. The smallest absolute Gasteiger partial charge is 0.410 e. The molecule has 2 aliphatic heterocycles. The number of rotatable bonds is 0. The SMILES string of the molecule is CC(C)(C)OC(=O)N1CC2CCCCNC2C1. The molecule has 2 unspecified atom stereocenters. The highest BCUT2D eigenvalue weighted by Crippen LogP contribution is 2.26. The van der Waals surface area contributed by atoms with E-state index in [4.69, 9.17) is 4.74 Å². The summed E-state index contributed by atoms with van der Waals surface area (Å²) in [6.07, 6.45) is 3.61. The molecule has 4 heteroatoms. The summed E-state index contributed by atoms with van der Waals surface area (Å²) in [7, 11) is 0. The predicted molar refractivity (Wildman–Crippen MR) is 66.9 cm³/mol. The molecule has 0 aliphatic carbocycles. The zero-order valence-electron chi connectivity index (χ0n) is 11.2. The fourth-order valence-corrected chi connectivity index (χ4v) is 2.69. The van der Waals surface area contributed by atoms with Crippen LogP contribution in [0.25, 0.3) is 0 Å². The molecule has 2 atom stereocenters. The average molecular weight is 240 g/mol. The normalized spacial score (nSPS) is 29.7. The fourth-order valence-electron chi connectivity index (χ4n) is 2.69. The lowest BCUT2D eigenvalue weighted by Crippen LogP contribution is -2.38. The first kappa shape index (κ1) is 12.7. The lowest BCUT2D eigenvalue weighted by atomic mass is 9.99. The molecule has 1 N–H and O–H groups in total. The Bertz CT molecular complexity index is 272. The second-order valence-corrected chi connectivity index (χ2v) is 6.20. The van der Waals surface area contributed by atoms with Crippen molar-refractivity contribution in [2.24, 2.45) is 5.92 Å². The molecule has 1 amide bonds. The number of nitrogens with zero attached hydrogens (tertiary/aromatic N) is 1. The van der Waals surface area contributed by atoms with E-state index in [0.29, 0.717) is 12.0 Å². The van der Waals surface area contributed by atoms with Crippen LogP contribution in [0, 0.1) is 5.92 Å². The monoisotopic (exact) mass is 240 g/mol. The van der Waals surface area contributed by atoms with Gasteiger partial charge in [0.05, 0.1) is 0 Å². The number of carbonyl (C=O) groups is 1. The van der Waals surface area contributed by atoms with Crippen molar-refractivity contribution < 1.29 is 9.53 Å². The van der Waals surface area contributed by atoms with Crippen molar-refractivity contribution in [2.75, 3.05) is 19.6 Å². The lowest BCUT2D eigenvalue weighted by Gasteiger charge is -2.24. The van der Waals surface area contributed by atoms with E-state index in [0.717, 1.165) is 19.6 Å². The second-order valence-electron chi connectivity index (χ2n) is 6.20. The topological polar surface area (TPSA) is 41.6 Å². The Hall–Kier alpha value is -0.770. The van der Waals surface area contributed by atoms with Crippen LogP contribution in [0.5, 0.6) is 0 Å². The molecule has 4 nitrogen and oxygen atoms in total. The van der Waals surface area contributed by atoms with Gasteiger partial charge in [-0.25, -0.2) is 4.79 Å². The second kappa shape index (κ2) is 4.84. The minimum Gasteiger partial charge on any atom is -0.444 e. The van der Waals surface area contributed by atoms with Gasteiger partial charge in [-0.05, 0) is 46.1 Å². The number of ether oxygens (including phenoxy) is 1. The minimum absolute atomic E-state index is 0.160. The van der Waals surface area contributed by atoms with E-state index in [1.165, 1.54) is 19.3 Å². The summed E-state index contributed by atoms with van der Waals surface area (Å²) in [6.45, 7) is 8.49. The van der Waals surface area contributed by atoms with Crippen LogP contribution in [-0.2, 0) is 4.74 Å². The highest BCUT2D eigenvalue weighted by atomic mass is 16.6. The van der Waals surface area contributed by atoms with Crippen molar-refractivity contribution in [2.45, 2.75) is 51.7 Å². The fraction of sp³-hybridized carbons (Fsp3) is 0.923. The summed E-state index contributed by atoms with van der Waals surface area (Å²) in [4.78, 5) is 13.8. The standard InChI is InChI=1S/C13H24N2O2/c1-13(2,3)17-12(16)15-8-10-6-4-5-7-14-11(10)9-15/h10-11,14H,4-9H2,1-3H3. The molecule has 0 aromatic rings. The van der Waals surface area contributed by atoms with Gasteiger partial charge in [0.25, 0.3) is 0 Å². The van der Waals surface area contributed by atoms with Crippen molar-refractivity contribution in [3.05, 3.63) is 0 Å². The average Bonchev–Trinajstić information content (AvgIpc) is 2.48. The Morgan fingerprint density at radius 2 is 2.06 bits per heavy atom. The number of carbonyl (C=O) groups excluding carboxylic acids is 1. The van der Waals surface area contributed by atoms with Gasteiger partial charge in [0.15, 0.2) is 0 Å². The van der Waals surface area contributed by atoms with Crippen molar-refractivity contribution in [1.82, 2.24) is 10.2 Å². The Kier molecular flexibility index (Phi) is 3.61.